The van der Waals surface area contributed by atoms with E-state index in [9.17, 15) is 14.0 Å². The Bertz CT molecular complexity index is 845. The van der Waals surface area contributed by atoms with Crippen LogP contribution in [0.1, 0.15) is 35.3 Å². The minimum absolute atomic E-state index is 0.137. The first-order chi connectivity index (χ1) is 14.4. The van der Waals surface area contributed by atoms with Crippen LogP contribution in [0.2, 0.25) is 0 Å². The van der Waals surface area contributed by atoms with Crippen LogP contribution in [0, 0.1) is 5.82 Å². The van der Waals surface area contributed by atoms with E-state index in [2.05, 4.69) is 41.5 Å². The molecule has 7 heteroatoms. The molecule has 1 saturated heterocycles. The molecule has 0 bridgehead atoms. The number of benzene rings is 2. The lowest BCUT2D eigenvalue weighted by molar-refractivity contribution is -0.120. The van der Waals surface area contributed by atoms with Gasteiger partial charge in [-0.05, 0) is 49.2 Å². The first-order valence-corrected chi connectivity index (χ1v) is 10.1. The fraction of sp³-hybridized carbons (Fsp3) is 0.391. The SMILES string of the molecule is CC1CN(Cc2ccc(CNC(=O)CNC(=O)c3ccc(F)cc3)cc2)CC(C)O1. The Balaban J connectivity index is 1.40. The number of hydrogen-bond donors (Lipinski definition) is 2. The minimum atomic E-state index is -0.416. The van der Waals surface area contributed by atoms with E-state index >= 15 is 0 Å². The summed E-state index contributed by atoms with van der Waals surface area (Å²) in [5.74, 6) is -1.11. The van der Waals surface area contributed by atoms with Crippen molar-refractivity contribution in [3.8, 4) is 0 Å². The van der Waals surface area contributed by atoms with Crippen molar-refractivity contribution in [2.45, 2.75) is 39.1 Å². The van der Waals surface area contributed by atoms with Gasteiger partial charge in [-0.1, -0.05) is 24.3 Å². The molecule has 2 unspecified atom stereocenters. The van der Waals surface area contributed by atoms with Gasteiger partial charge in [-0.25, -0.2) is 4.39 Å². The summed E-state index contributed by atoms with van der Waals surface area (Å²) in [6, 6.07) is 13.3. The molecule has 2 aromatic rings. The number of hydrogen-bond acceptors (Lipinski definition) is 4. The maximum Gasteiger partial charge on any atom is 0.251 e. The Morgan fingerprint density at radius 3 is 2.20 bits per heavy atom. The summed E-state index contributed by atoms with van der Waals surface area (Å²) >= 11 is 0. The zero-order chi connectivity index (χ0) is 21.5. The van der Waals surface area contributed by atoms with Gasteiger partial charge in [0.05, 0.1) is 18.8 Å². The zero-order valence-corrected chi connectivity index (χ0v) is 17.4. The molecule has 1 fully saturated rings. The van der Waals surface area contributed by atoms with Crippen LogP contribution >= 0.6 is 0 Å². The van der Waals surface area contributed by atoms with Crippen molar-refractivity contribution >= 4 is 11.8 Å². The topological polar surface area (TPSA) is 70.7 Å². The molecule has 1 aliphatic heterocycles. The quantitative estimate of drug-likeness (QED) is 0.732. The van der Waals surface area contributed by atoms with Crippen molar-refractivity contribution in [2.24, 2.45) is 0 Å². The number of carbonyl (C=O) groups is 2. The van der Waals surface area contributed by atoms with Crippen molar-refractivity contribution in [3.63, 3.8) is 0 Å². The highest BCUT2D eigenvalue weighted by Crippen LogP contribution is 2.14. The molecule has 0 aliphatic carbocycles. The second kappa shape index (κ2) is 10.3. The highest BCUT2D eigenvalue weighted by atomic mass is 19.1. The van der Waals surface area contributed by atoms with Crippen LogP contribution in [-0.2, 0) is 22.6 Å². The molecule has 0 aromatic heterocycles. The van der Waals surface area contributed by atoms with Gasteiger partial charge in [0.25, 0.3) is 5.91 Å². The predicted octanol–water partition coefficient (Wildman–Crippen LogP) is 2.48. The average Bonchev–Trinajstić information content (AvgIpc) is 2.71. The van der Waals surface area contributed by atoms with Crippen LogP contribution in [0.15, 0.2) is 48.5 Å². The van der Waals surface area contributed by atoms with Gasteiger partial charge in [-0.3, -0.25) is 14.5 Å². The second-order valence-electron chi connectivity index (χ2n) is 7.73. The third kappa shape index (κ3) is 6.64. The van der Waals surface area contributed by atoms with E-state index in [4.69, 9.17) is 4.74 Å². The van der Waals surface area contributed by atoms with Crippen LogP contribution < -0.4 is 10.6 Å². The first kappa shape index (κ1) is 21.9. The average molecular weight is 413 g/mol. The number of rotatable bonds is 7. The number of ether oxygens (including phenoxy) is 1. The highest BCUT2D eigenvalue weighted by molar-refractivity contribution is 5.96. The molecule has 2 aromatic carbocycles. The first-order valence-electron chi connectivity index (χ1n) is 10.1. The van der Waals surface area contributed by atoms with Crippen molar-refractivity contribution in [1.29, 1.82) is 0 Å². The Morgan fingerprint density at radius 2 is 1.57 bits per heavy atom. The largest absolute Gasteiger partial charge is 0.373 e. The van der Waals surface area contributed by atoms with E-state index in [1.165, 1.54) is 29.8 Å². The summed E-state index contributed by atoms with van der Waals surface area (Å²) in [6.45, 7) is 7.16. The lowest BCUT2D eigenvalue weighted by Gasteiger charge is -2.35. The molecule has 30 heavy (non-hydrogen) atoms. The van der Waals surface area contributed by atoms with Crippen molar-refractivity contribution in [3.05, 3.63) is 71.0 Å². The van der Waals surface area contributed by atoms with Gasteiger partial charge in [-0.15, -0.1) is 0 Å². The van der Waals surface area contributed by atoms with E-state index in [1.54, 1.807) is 0 Å². The minimum Gasteiger partial charge on any atom is -0.373 e. The van der Waals surface area contributed by atoms with Gasteiger partial charge < -0.3 is 15.4 Å². The molecule has 2 N–H and O–H groups in total. The number of morpholine rings is 1. The van der Waals surface area contributed by atoms with Gasteiger partial charge in [0.2, 0.25) is 5.91 Å². The summed E-state index contributed by atoms with van der Waals surface area (Å²) in [4.78, 5) is 26.3. The summed E-state index contributed by atoms with van der Waals surface area (Å²) in [6.07, 6.45) is 0.485. The van der Waals surface area contributed by atoms with Crippen LogP contribution in [0.25, 0.3) is 0 Å². The Labute approximate surface area is 176 Å². The zero-order valence-electron chi connectivity index (χ0n) is 17.4. The molecule has 6 nitrogen and oxygen atoms in total. The predicted molar refractivity (Wildman–Crippen MR) is 112 cm³/mol. The lowest BCUT2D eigenvalue weighted by Crippen LogP contribution is -2.44. The molecule has 0 saturated carbocycles. The smallest absolute Gasteiger partial charge is 0.251 e. The van der Waals surface area contributed by atoms with Gasteiger partial charge in [-0.2, -0.15) is 0 Å². The van der Waals surface area contributed by atoms with Crippen LogP contribution in [-0.4, -0.2) is 48.6 Å². The molecular weight excluding hydrogens is 385 g/mol. The Hall–Kier alpha value is -2.77. The molecule has 0 spiro atoms. The summed E-state index contributed by atoms with van der Waals surface area (Å²) in [5.41, 5.74) is 2.52. The van der Waals surface area contributed by atoms with Gasteiger partial charge >= 0.3 is 0 Å². The van der Waals surface area contributed by atoms with Gasteiger partial charge in [0, 0.05) is 31.7 Å². The normalized spacial score (nSPS) is 19.3. The van der Waals surface area contributed by atoms with Crippen molar-refractivity contribution in [1.82, 2.24) is 15.5 Å². The molecule has 2 atom stereocenters. The van der Waals surface area contributed by atoms with Crippen molar-refractivity contribution < 1.29 is 18.7 Å². The third-order valence-corrected chi connectivity index (χ3v) is 4.93. The maximum atomic E-state index is 12.9. The molecule has 0 radical (unpaired) electrons. The van der Waals surface area contributed by atoms with Crippen LogP contribution in [0.4, 0.5) is 4.39 Å². The van der Waals surface area contributed by atoms with E-state index in [0.717, 1.165) is 25.2 Å². The molecule has 2 amide bonds. The van der Waals surface area contributed by atoms with Crippen LogP contribution in [0.5, 0.6) is 0 Å². The number of nitrogens with zero attached hydrogens (tertiary/aromatic N) is 1. The molecule has 1 heterocycles. The molecular formula is C23H28FN3O3. The molecule has 1 aliphatic rings. The Kier molecular flexibility index (Phi) is 7.54. The highest BCUT2D eigenvalue weighted by Gasteiger charge is 2.21. The standard InChI is InChI=1S/C23H28FN3O3/c1-16-13-27(14-17(2)30-16)15-19-5-3-18(4-6-19)11-25-22(28)12-26-23(29)20-7-9-21(24)10-8-20/h3-10,16-17H,11-15H2,1-2H3,(H,25,28)(H,26,29). The number of halogens is 1. The number of nitrogens with one attached hydrogen (secondary N) is 2. The summed E-state index contributed by atoms with van der Waals surface area (Å²) < 4.78 is 18.7. The van der Waals surface area contributed by atoms with Crippen molar-refractivity contribution in [2.75, 3.05) is 19.6 Å². The van der Waals surface area contributed by atoms with Crippen LogP contribution in [0.3, 0.4) is 0 Å². The summed E-state index contributed by atoms with van der Waals surface area (Å²) in [5, 5.41) is 5.31. The Morgan fingerprint density at radius 1 is 0.967 bits per heavy atom. The van der Waals surface area contributed by atoms with E-state index in [0.29, 0.717) is 12.1 Å². The lowest BCUT2D eigenvalue weighted by atomic mass is 10.1. The number of carbonyl (C=O) groups excluding carboxylic acids is 2. The fourth-order valence-corrected chi connectivity index (χ4v) is 3.56. The fourth-order valence-electron chi connectivity index (χ4n) is 3.56. The monoisotopic (exact) mass is 413 g/mol. The van der Waals surface area contributed by atoms with E-state index in [1.807, 2.05) is 12.1 Å². The maximum absolute atomic E-state index is 12.9. The van der Waals surface area contributed by atoms with Gasteiger partial charge in [0.1, 0.15) is 5.82 Å². The third-order valence-electron chi connectivity index (χ3n) is 4.93. The number of amides is 2. The van der Waals surface area contributed by atoms with E-state index < -0.39 is 11.7 Å². The molecule has 3 rings (SSSR count). The summed E-state index contributed by atoms with van der Waals surface area (Å²) in [7, 11) is 0. The second-order valence-corrected chi connectivity index (χ2v) is 7.73. The van der Waals surface area contributed by atoms with Gasteiger partial charge in [0.15, 0.2) is 0 Å². The van der Waals surface area contributed by atoms with E-state index in [-0.39, 0.29) is 24.7 Å². The molecule has 160 valence electrons.